The van der Waals surface area contributed by atoms with E-state index in [1.807, 2.05) is 46.3 Å². The lowest BCUT2D eigenvalue weighted by molar-refractivity contribution is -0.123. The van der Waals surface area contributed by atoms with Crippen LogP contribution in [0.5, 0.6) is 0 Å². The molecule has 0 aromatic carbocycles. The molecule has 0 saturated carbocycles. The molecule has 4 heterocycles. The van der Waals surface area contributed by atoms with Crippen molar-refractivity contribution in [1.29, 1.82) is 0 Å². The summed E-state index contributed by atoms with van der Waals surface area (Å²) in [6.45, 7) is 0. The minimum Gasteiger partial charge on any atom is -0.298 e. The van der Waals surface area contributed by atoms with E-state index < -0.39 is 17.8 Å². The zero-order valence-electron chi connectivity index (χ0n) is 12.1. The number of urea groups is 1. The summed E-state index contributed by atoms with van der Waals surface area (Å²) in [5.74, 6) is -0.753. The standard InChI is InChI=1S/C16H10N4O3S/c21-14-9(15(22)19-16(23)18-14)8-10-11-4-1-2-6-20(11)13(17-10)12-5-3-7-24-12/h1-8H,(H2,18,19,21,22,23). The molecule has 1 saturated heterocycles. The summed E-state index contributed by atoms with van der Waals surface area (Å²) in [4.78, 5) is 40.5. The van der Waals surface area contributed by atoms with Crippen molar-refractivity contribution in [3.8, 4) is 10.7 Å². The maximum absolute atomic E-state index is 11.9. The topological polar surface area (TPSA) is 92.6 Å². The zero-order valence-corrected chi connectivity index (χ0v) is 13.0. The SMILES string of the molecule is O=C1NC(=O)C(=Cc2nc(-c3cccs3)n3ccccc23)C(=O)N1. The van der Waals surface area contributed by atoms with Crippen LogP contribution < -0.4 is 10.6 Å². The van der Waals surface area contributed by atoms with Crippen LogP contribution in [0.2, 0.25) is 0 Å². The van der Waals surface area contributed by atoms with E-state index in [1.165, 1.54) is 6.08 Å². The fraction of sp³-hybridized carbons (Fsp3) is 0. The number of fused-ring (bicyclic) bond motifs is 1. The van der Waals surface area contributed by atoms with Gasteiger partial charge >= 0.3 is 6.03 Å². The van der Waals surface area contributed by atoms with Gasteiger partial charge in [0.2, 0.25) is 0 Å². The van der Waals surface area contributed by atoms with Crippen molar-refractivity contribution < 1.29 is 14.4 Å². The fourth-order valence-electron chi connectivity index (χ4n) is 2.49. The first kappa shape index (κ1) is 14.3. The van der Waals surface area contributed by atoms with Crippen LogP contribution in [0.4, 0.5) is 4.79 Å². The van der Waals surface area contributed by atoms with Crippen LogP contribution in [0.25, 0.3) is 22.3 Å². The number of rotatable bonds is 2. The molecule has 0 aliphatic carbocycles. The normalized spacial score (nSPS) is 14.7. The zero-order chi connectivity index (χ0) is 16.7. The Hall–Kier alpha value is -3.26. The summed E-state index contributed by atoms with van der Waals surface area (Å²) >= 11 is 1.54. The second-order valence-electron chi connectivity index (χ2n) is 5.05. The Balaban J connectivity index is 1.89. The Morgan fingerprint density at radius 2 is 1.83 bits per heavy atom. The maximum Gasteiger partial charge on any atom is 0.328 e. The van der Waals surface area contributed by atoms with E-state index in [1.54, 1.807) is 11.3 Å². The van der Waals surface area contributed by atoms with Gasteiger partial charge in [-0.3, -0.25) is 24.6 Å². The number of thiophene rings is 1. The van der Waals surface area contributed by atoms with Crippen LogP contribution in [0.15, 0.2) is 47.5 Å². The Labute approximate surface area is 139 Å². The maximum atomic E-state index is 11.9. The molecule has 1 aliphatic rings. The largest absolute Gasteiger partial charge is 0.328 e. The van der Waals surface area contributed by atoms with Crippen LogP contribution in [0, 0.1) is 0 Å². The highest BCUT2D eigenvalue weighted by atomic mass is 32.1. The van der Waals surface area contributed by atoms with Crippen LogP contribution in [-0.2, 0) is 9.59 Å². The number of hydrogen-bond acceptors (Lipinski definition) is 5. The molecule has 1 aliphatic heterocycles. The van der Waals surface area contributed by atoms with Crippen molar-refractivity contribution in [2.45, 2.75) is 0 Å². The van der Waals surface area contributed by atoms with Crippen LogP contribution in [0.1, 0.15) is 5.69 Å². The Bertz CT molecular complexity index is 995. The van der Waals surface area contributed by atoms with E-state index in [0.717, 1.165) is 16.2 Å². The van der Waals surface area contributed by atoms with Crippen molar-refractivity contribution in [2.75, 3.05) is 0 Å². The summed E-state index contributed by atoms with van der Waals surface area (Å²) in [7, 11) is 0. The number of amides is 4. The number of nitrogens with one attached hydrogen (secondary N) is 2. The molecule has 7 nitrogen and oxygen atoms in total. The van der Waals surface area contributed by atoms with Gasteiger partial charge in [0.25, 0.3) is 11.8 Å². The van der Waals surface area contributed by atoms with Crippen molar-refractivity contribution in [2.24, 2.45) is 0 Å². The first-order chi connectivity index (χ1) is 11.6. The third-order valence-electron chi connectivity index (χ3n) is 3.54. The van der Waals surface area contributed by atoms with Gasteiger partial charge in [0, 0.05) is 6.20 Å². The summed E-state index contributed by atoms with van der Waals surface area (Å²) in [6, 6.07) is 8.62. The Kier molecular flexibility index (Phi) is 3.24. The Morgan fingerprint density at radius 3 is 2.54 bits per heavy atom. The lowest BCUT2D eigenvalue weighted by Crippen LogP contribution is -2.51. The molecule has 0 bridgehead atoms. The van der Waals surface area contributed by atoms with E-state index in [-0.39, 0.29) is 5.57 Å². The highest BCUT2D eigenvalue weighted by Gasteiger charge is 2.28. The van der Waals surface area contributed by atoms with Gasteiger partial charge in [0.1, 0.15) is 5.57 Å². The van der Waals surface area contributed by atoms with E-state index in [0.29, 0.717) is 5.69 Å². The number of aromatic nitrogens is 2. The quantitative estimate of drug-likeness (QED) is 0.550. The summed E-state index contributed by atoms with van der Waals surface area (Å²) < 4.78 is 1.89. The average Bonchev–Trinajstić information content (AvgIpc) is 3.19. The number of imide groups is 2. The van der Waals surface area contributed by atoms with Gasteiger partial charge in [-0.25, -0.2) is 9.78 Å². The number of hydrogen-bond donors (Lipinski definition) is 2. The summed E-state index contributed by atoms with van der Waals surface area (Å²) in [6.07, 6.45) is 3.26. The molecule has 3 aromatic rings. The number of nitrogens with zero attached hydrogens (tertiary/aromatic N) is 2. The highest BCUT2D eigenvalue weighted by molar-refractivity contribution is 7.13. The van der Waals surface area contributed by atoms with Crippen LogP contribution in [-0.4, -0.2) is 27.2 Å². The lowest BCUT2D eigenvalue weighted by Gasteiger charge is -2.13. The minimum absolute atomic E-state index is 0.156. The number of carbonyl (C=O) groups excluding carboxylic acids is 3. The van der Waals surface area contributed by atoms with Crippen molar-refractivity contribution in [1.82, 2.24) is 20.0 Å². The Morgan fingerprint density at radius 1 is 1.04 bits per heavy atom. The lowest BCUT2D eigenvalue weighted by atomic mass is 10.1. The molecule has 4 rings (SSSR count). The van der Waals surface area contributed by atoms with E-state index >= 15 is 0 Å². The fourth-order valence-corrected chi connectivity index (χ4v) is 3.20. The minimum atomic E-state index is -0.823. The third kappa shape index (κ3) is 2.29. The highest BCUT2D eigenvalue weighted by Crippen LogP contribution is 2.27. The second kappa shape index (κ2) is 5.43. The van der Waals surface area contributed by atoms with Gasteiger partial charge in [-0.15, -0.1) is 11.3 Å². The molecule has 0 unspecified atom stereocenters. The van der Waals surface area contributed by atoms with Gasteiger partial charge in [0.05, 0.1) is 16.1 Å². The molecule has 2 N–H and O–H groups in total. The van der Waals surface area contributed by atoms with E-state index in [2.05, 4.69) is 15.6 Å². The molecule has 3 aromatic heterocycles. The molecular formula is C16H10N4O3S. The second-order valence-corrected chi connectivity index (χ2v) is 6.00. The predicted octanol–water partition coefficient (Wildman–Crippen LogP) is 1.81. The van der Waals surface area contributed by atoms with Gasteiger partial charge in [-0.05, 0) is 29.7 Å². The molecule has 118 valence electrons. The average molecular weight is 338 g/mol. The molecule has 4 amide bonds. The number of carbonyl (C=O) groups is 3. The number of imidazole rings is 1. The first-order valence-corrected chi connectivity index (χ1v) is 7.91. The predicted molar refractivity (Wildman–Crippen MR) is 88.2 cm³/mol. The van der Waals surface area contributed by atoms with Gasteiger partial charge < -0.3 is 0 Å². The molecule has 0 atom stereocenters. The van der Waals surface area contributed by atoms with E-state index in [9.17, 15) is 14.4 Å². The third-order valence-corrected chi connectivity index (χ3v) is 4.41. The van der Waals surface area contributed by atoms with Gasteiger partial charge in [-0.1, -0.05) is 12.1 Å². The van der Waals surface area contributed by atoms with Gasteiger partial charge in [0.15, 0.2) is 5.82 Å². The van der Waals surface area contributed by atoms with Crippen molar-refractivity contribution in [3.63, 3.8) is 0 Å². The molecule has 8 heteroatoms. The van der Waals surface area contributed by atoms with Crippen LogP contribution in [0.3, 0.4) is 0 Å². The number of barbiturate groups is 1. The molecular weight excluding hydrogens is 328 g/mol. The molecule has 24 heavy (non-hydrogen) atoms. The number of pyridine rings is 1. The van der Waals surface area contributed by atoms with E-state index in [4.69, 9.17) is 0 Å². The summed E-state index contributed by atoms with van der Waals surface area (Å²) in [5, 5.41) is 6.05. The smallest absolute Gasteiger partial charge is 0.298 e. The molecule has 0 radical (unpaired) electrons. The first-order valence-electron chi connectivity index (χ1n) is 7.03. The van der Waals surface area contributed by atoms with Crippen molar-refractivity contribution in [3.05, 3.63) is 53.2 Å². The molecule has 0 spiro atoms. The monoisotopic (exact) mass is 338 g/mol. The van der Waals surface area contributed by atoms with Crippen LogP contribution >= 0.6 is 11.3 Å². The summed E-state index contributed by atoms with van der Waals surface area (Å²) in [5.41, 5.74) is 1.08. The van der Waals surface area contributed by atoms with Gasteiger partial charge in [-0.2, -0.15) is 0 Å². The van der Waals surface area contributed by atoms with Crippen molar-refractivity contribution >= 4 is 40.8 Å². The molecule has 1 fully saturated rings.